The summed E-state index contributed by atoms with van der Waals surface area (Å²) in [7, 11) is 3.94. The lowest BCUT2D eigenvalue weighted by molar-refractivity contribution is 0.430. The number of aromatic nitrogens is 3. The van der Waals surface area contributed by atoms with Crippen LogP contribution in [0.15, 0.2) is 41.6 Å². The number of benzene rings is 1. The van der Waals surface area contributed by atoms with Gasteiger partial charge in [0.05, 0.1) is 22.9 Å². The fraction of sp³-hybridized carbons (Fsp3) is 0.375. The molecular weight excluding hydrogens is 411 g/mol. The number of hydrogen-bond donors (Lipinski definition) is 0. The third kappa shape index (κ3) is 3.51. The quantitative estimate of drug-likeness (QED) is 0.382. The van der Waals surface area contributed by atoms with Crippen LogP contribution in [-0.4, -0.2) is 28.6 Å². The van der Waals surface area contributed by atoms with Gasteiger partial charge in [-0.05, 0) is 30.5 Å². The Bertz CT molecular complexity index is 1300. The Morgan fingerprint density at radius 2 is 1.77 bits per heavy atom. The lowest BCUT2D eigenvalue weighted by Crippen LogP contribution is -2.24. The van der Waals surface area contributed by atoms with Gasteiger partial charge in [-0.1, -0.05) is 37.8 Å². The topological polar surface area (TPSA) is 51.0 Å². The molecule has 0 amide bonds. The highest BCUT2D eigenvalue weighted by atomic mass is 32.1. The van der Waals surface area contributed by atoms with E-state index in [2.05, 4.69) is 4.98 Å². The van der Waals surface area contributed by atoms with Crippen molar-refractivity contribution in [2.75, 3.05) is 19.0 Å². The molecule has 3 heterocycles. The van der Waals surface area contributed by atoms with Gasteiger partial charge in [0.25, 0.3) is 5.56 Å². The first kappa shape index (κ1) is 20.1. The second-order valence-electron chi connectivity index (χ2n) is 8.48. The van der Waals surface area contributed by atoms with Gasteiger partial charge >= 0.3 is 0 Å². The molecule has 1 aliphatic carbocycles. The van der Waals surface area contributed by atoms with Crippen molar-refractivity contribution < 1.29 is 4.39 Å². The number of rotatable bonds is 3. The molecule has 0 aliphatic heterocycles. The summed E-state index contributed by atoms with van der Waals surface area (Å²) in [6.07, 6.45) is 10.4. The maximum absolute atomic E-state index is 13.5. The molecule has 1 saturated carbocycles. The summed E-state index contributed by atoms with van der Waals surface area (Å²) < 4.78 is 16.0. The van der Waals surface area contributed by atoms with Crippen LogP contribution in [0.1, 0.15) is 44.6 Å². The molecule has 0 spiro atoms. The van der Waals surface area contributed by atoms with Crippen molar-refractivity contribution in [3.05, 3.63) is 53.0 Å². The molecule has 0 N–H and O–H groups in total. The molecule has 31 heavy (non-hydrogen) atoms. The molecule has 0 saturated heterocycles. The van der Waals surface area contributed by atoms with E-state index in [4.69, 9.17) is 4.98 Å². The van der Waals surface area contributed by atoms with E-state index in [1.165, 1.54) is 36.3 Å². The molecule has 0 radical (unpaired) electrons. The van der Waals surface area contributed by atoms with E-state index in [1.54, 1.807) is 18.5 Å². The molecule has 1 fully saturated rings. The van der Waals surface area contributed by atoms with E-state index in [0.717, 1.165) is 52.7 Å². The average Bonchev–Trinajstić information content (AvgIpc) is 2.94. The van der Waals surface area contributed by atoms with E-state index in [9.17, 15) is 9.18 Å². The molecular formula is C24H25FN4OS. The Kier molecular flexibility index (Phi) is 5.22. The third-order valence-corrected chi connectivity index (χ3v) is 7.30. The summed E-state index contributed by atoms with van der Waals surface area (Å²) in [4.78, 5) is 25.7. The minimum atomic E-state index is -0.272. The van der Waals surface area contributed by atoms with Crippen LogP contribution in [0.4, 0.5) is 10.1 Å². The van der Waals surface area contributed by atoms with Gasteiger partial charge < -0.3 is 4.90 Å². The van der Waals surface area contributed by atoms with Crippen LogP contribution in [0, 0.1) is 5.82 Å². The molecule has 0 unspecified atom stereocenters. The average molecular weight is 437 g/mol. The first-order chi connectivity index (χ1) is 15.0. The number of fused-ring (bicyclic) bond motifs is 3. The van der Waals surface area contributed by atoms with Crippen molar-refractivity contribution in [1.29, 1.82) is 0 Å². The Morgan fingerprint density at radius 3 is 2.45 bits per heavy atom. The van der Waals surface area contributed by atoms with Crippen LogP contribution in [0.3, 0.4) is 0 Å². The number of thiophene rings is 1. The van der Waals surface area contributed by atoms with Gasteiger partial charge in [-0.15, -0.1) is 11.3 Å². The molecule has 5 rings (SSSR count). The highest BCUT2D eigenvalue weighted by Gasteiger charge is 2.22. The zero-order valence-corrected chi connectivity index (χ0v) is 18.6. The minimum absolute atomic E-state index is 0.0351. The second-order valence-corrected chi connectivity index (χ2v) is 9.48. The lowest BCUT2D eigenvalue weighted by atomic mass is 10.0. The van der Waals surface area contributed by atoms with E-state index in [1.807, 2.05) is 29.8 Å². The fourth-order valence-corrected chi connectivity index (χ4v) is 5.73. The minimum Gasteiger partial charge on any atom is -0.376 e. The zero-order valence-electron chi connectivity index (χ0n) is 17.8. The normalized spacial score (nSPS) is 15.5. The van der Waals surface area contributed by atoms with Crippen LogP contribution < -0.4 is 10.5 Å². The van der Waals surface area contributed by atoms with Gasteiger partial charge in [0.1, 0.15) is 15.3 Å². The van der Waals surface area contributed by atoms with Crippen LogP contribution in [0.25, 0.3) is 31.6 Å². The maximum atomic E-state index is 13.5. The fourth-order valence-electron chi connectivity index (χ4n) is 4.69. The highest BCUT2D eigenvalue weighted by molar-refractivity contribution is 7.25. The van der Waals surface area contributed by atoms with Crippen LogP contribution >= 0.6 is 11.3 Å². The van der Waals surface area contributed by atoms with E-state index >= 15 is 0 Å². The SMILES string of the molecule is CN(C)c1c(-c2ccc(F)cc2)cnc2sc3c(=O)n(C4CCCCCC4)cnc3c12. The Morgan fingerprint density at radius 1 is 1.06 bits per heavy atom. The first-order valence-corrected chi connectivity index (χ1v) is 11.6. The monoisotopic (exact) mass is 436 g/mol. The van der Waals surface area contributed by atoms with Gasteiger partial charge in [0.2, 0.25) is 0 Å². The summed E-state index contributed by atoms with van der Waals surface area (Å²) in [5.74, 6) is -0.272. The van der Waals surface area contributed by atoms with Crippen LogP contribution in [-0.2, 0) is 0 Å². The summed E-state index contributed by atoms with van der Waals surface area (Å²) in [6, 6.07) is 6.65. The summed E-state index contributed by atoms with van der Waals surface area (Å²) >= 11 is 1.42. The molecule has 4 aromatic rings. The second kappa shape index (κ2) is 8.04. The van der Waals surface area contributed by atoms with E-state index in [-0.39, 0.29) is 17.4 Å². The molecule has 3 aromatic heterocycles. The predicted molar refractivity (Wildman–Crippen MR) is 126 cm³/mol. The molecule has 5 nitrogen and oxygen atoms in total. The molecule has 0 bridgehead atoms. The number of halogens is 1. The number of nitrogens with zero attached hydrogens (tertiary/aromatic N) is 4. The Labute approximate surface area is 184 Å². The van der Waals surface area contributed by atoms with Gasteiger partial charge in [-0.2, -0.15) is 0 Å². The highest BCUT2D eigenvalue weighted by Crippen LogP contribution is 2.41. The molecule has 160 valence electrons. The van der Waals surface area contributed by atoms with Gasteiger partial charge in [-0.25, -0.2) is 14.4 Å². The van der Waals surface area contributed by atoms with Crippen molar-refractivity contribution in [2.24, 2.45) is 0 Å². The smallest absolute Gasteiger partial charge is 0.271 e. The van der Waals surface area contributed by atoms with Crippen molar-refractivity contribution in [3.8, 4) is 11.1 Å². The van der Waals surface area contributed by atoms with Crippen LogP contribution in [0.2, 0.25) is 0 Å². The van der Waals surface area contributed by atoms with Crippen molar-refractivity contribution in [1.82, 2.24) is 14.5 Å². The van der Waals surface area contributed by atoms with Gasteiger partial charge in [-0.3, -0.25) is 9.36 Å². The van der Waals surface area contributed by atoms with E-state index < -0.39 is 0 Å². The molecule has 0 atom stereocenters. The number of hydrogen-bond acceptors (Lipinski definition) is 5. The van der Waals surface area contributed by atoms with Crippen molar-refractivity contribution in [3.63, 3.8) is 0 Å². The number of anilines is 1. The van der Waals surface area contributed by atoms with Crippen molar-refractivity contribution >= 4 is 37.5 Å². The molecule has 7 heteroatoms. The van der Waals surface area contributed by atoms with Crippen molar-refractivity contribution in [2.45, 2.75) is 44.6 Å². The standard InChI is InChI=1S/C24H25FN4OS/c1-28(2)21-18(15-9-11-16(25)12-10-15)13-26-23-19(21)20-22(31-23)24(30)29(14-27-20)17-7-5-3-4-6-8-17/h9-14,17H,3-8H2,1-2H3. The summed E-state index contributed by atoms with van der Waals surface area (Å²) in [5, 5.41) is 0.886. The molecule has 1 aromatic carbocycles. The first-order valence-electron chi connectivity index (χ1n) is 10.8. The van der Waals surface area contributed by atoms with Gasteiger partial charge in [0.15, 0.2) is 0 Å². The Balaban J connectivity index is 1.73. The lowest BCUT2D eigenvalue weighted by Gasteiger charge is -2.19. The Hall–Kier alpha value is -2.80. The number of pyridine rings is 1. The predicted octanol–water partition coefficient (Wildman–Crippen LogP) is 5.77. The summed E-state index contributed by atoms with van der Waals surface area (Å²) in [5.41, 5.74) is 3.46. The van der Waals surface area contributed by atoms with E-state index in [0.29, 0.717) is 10.2 Å². The largest absolute Gasteiger partial charge is 0.376 e. The van der Waals surface area contributed by atoms with Gasteiger partial charge in [0, 0.05) is 31.9 Å². The maximum Gasteiger partial charge on any atom is 0.271 e. The summed E-state index contributed by atoms with van der Waals surface area (Å²) in [6.45, 7) is 0. The third-order valence-electron chi connectivity index (χ3n) is 6.23. The zero-order chi connectivity index (χ0) is 21.5. The molecule has 1 aliphatic rings. The van der Waals surface area contributed by atoms with Crippen LogP contribution in [0.5, 0.6) is 0 Å².